The van der Waals surface area contributed by atoms with Crippen molar-refractivity contribution in [2.75, 3.05) is 0 Å². The second-order valence-corrected chi connectivity index (χ2v) is 2.79. The summed E-state index contributed by atoms with van der Waals surface area (Å²) < 4.78 is 0. The molecule has 1 aromatic rings. The number of allylic oxidation sites excluding steroid dienone is 2. The number of nitrogens with one attached hydrogen (secondary N) is 1. The zero-order valence-electron chi connectivity index (χ0n) is 7.87. The minimum Gasteiger partial charge on any atom is -0.326 e. The van der Waals surface area contributed by atoms with Gasteiger partial charge in [0.05, 0.1) is 0 Å². The maximum Gasteiger partial charge on any atom is 0.255 e. The first-order chi connectivity index (χ1) is 6.24. The summed E-state index contributed by atoms with van der Waals surface area (Å²) >= 11 is 0. The van der Waals surface area contributed by atoms with Crippen LogP contribution in [0.1, 0.15) is 24.2 Å². The van der Waals surface area contributed by atoms with E-state index in [0.29, 0.717) is 5.56 Å². The van der Waals surface area contributed by atoms with Gasteiger partial charge in [0.25, 0.3) is 5.91 Å². The van der Waals surface area contributed by atoms with E-state index in [0.717, 1.165) is 5.70 Å². The van der Waals surface area contributed by atoms with Gasteiger partial charge in [-0.25, -0.2) is 0 Å². The first-order valence-electron chi connectivity index (χ1n) is 4.23. The number of carbonyl (C=O) groups is 1. The van der Waals surface area contributed by atoms with E-state index in [1.165, 1.54) is 0 Å². The summed E-state index contributed by atoms with van der Waals surface area (Å²) in [4.78, 5) is 11.5. The topological polar surface area (TPSA) is 29.1 Å². The van der Waals surface area contributed by atoms with Crippen LogP contribution in [0.5, 0.6) is 0 Å². The third-order valence-corrected chi connectivity index (χ3v) is 1.78. The summed E-state index contributed by atoms with van der Waals surface area (Å²) in [7, 11) is 0. The Morgan fingerprint density at radius 1 is 1.31 bits per heavy atom. The molecule has 0 aliphatic heterocycles. The maximum absolute atomic E-state index is 11.5. The van der Waals surface area contributed by atoms with Crippen LogP contribution in [0, 0.1) is 0 Å². The average Bonchev–Trinajstić information content (AvgIpc) is 2.19. The normalized spacial score (nSPS) is 11.1. The summed E-state index contributed by atoms with van der Waals surface area (Å²) in [6, 6.07) is 9.16. The third-order valence-electron chi connectivity index (χ3n) is 1.78. The van der Waals surface area contributed by atoms with Gasteiger partial charge in [-0.2, -0.15) is 0 Å². The average molecular weight is 175 g/mol. The molecule has 0 saturated carbocycles. The van der Waals surface area contributed by atoms with Gasteiger partial charge in [0.1, 0.15) is 0 Å². The van der Waals surface area contributed by atoms with E-state index >= 15 is 0 Å². The minimum absolute atomic E-state index is 0.0591. The maximum atomic E-state index is 11.5. The Balaban J connectivity index is 2.70. The molecule has 0 radical (unpaired) electrons. The second kappa shape index (κ2) is 4.45. The first kappa shape index (κ1) is 9.52. The predicted octanol–water partition coefficient (Wildman–Crippen LogP) is 2.34. The number of rotatable bonds is 2. The van der Waals surface area contributed by atoms with Gasteiger partial charge in [0, 0.05) is 11.3 Å². The van der Waals surface area contributed by atoms with E-state index < -0.39 is 0 Å². The molecule has 13 heavy (non-hydrogen) atoms. The summed E-state index contributed by atoms with van der Waals surface area (Å²) in [6.45, 7) is 3.75. The zero-order chi connectivity index (χ0) is 9.68. The molecule has 0 spiro atoms. The van der Waals surface area contributed by atoms with Crippen LogP contribution in [-0.4, -0.2) is 5.91 Å². The van der Waals surface area contributed by atoms with E-state index in [1.54, 1.807) is 12.1 Å². The number of hydrogen-bond acceptors (Lipinski definition) is 1. The quantitative estimate of drug-likeness (QED) is 0.734. The molecule has 2 nitrogen and oxygen atoms in total. The van der Waals surface area contributed by atoms with Gasteiger partial charge >= 0.3 is 0 Å². The summed E-state index contributed by atoms with van der Waals surface area (Å²) in [5.74, 6) is -0.0591. The molecule has 0 aromatic heterocycles. The van der Waals surface area contributed by atoms with E-state index in [2.05, 4.69) is 5.32 Å². The number of hydrogen-bond donors (Lipinski definition) is 1. The lowest BCUT2D eigenvalue weighted by atomic mass is 10.2. The Bertz CT molecular complexity index is 314. The second-order valence-electron chi connectivity index (χ2n) is 2.79. The molecule has 68 valence electrons. The van der Waals surface area contributed by atoms with Crippen LogP contribution in [0.4, 0.5) is 0 Å². The fourth-order valence-corrected chi connectivity index (χ4v) is 0.913. The van der Waals surface area contributed by atoms with Gasteiger partial charge in [-0.15, -0.1) is 0 Å². The lowest BCUT2D eigenvalue weighted by molar-refractivity contribution is 0.0966. The fraction of sp³-hybridized carbons (Fsp3) is 0.182. The van der Waals surface area contributed by atoms with Gasteiger partial charge in [-0.3, -0.25) is 4.79 Å². The summed E-state index contributed by atoms with van der Waals surface area (Å²) in [5.41, 5.74) is 1.55. The highest BCUT2D eigenvalue weighted by molar-refractivity contribution is 5.95. The molecule has 2 heteroatoms. The predicted molar refractivity (Wildman–Crippen MR) is 53.3 cm³/mol. The largest absolute Gasteiger partial charge is 0.326 e. The van der Waals surface area contributed by atoms with Crippen LogP contribution in [0.15, 0.2) is 42.1 Å². The van der Waals surface area contributed by atoms with Gasteiger partial charge in [0.15, 0.2) is 0 Å². The monoisotopic (exact) mass is 175 g/mol. The minimum atomic E-state index is -0.0591. The number of amides is 1. The Morgan fingerprint density at radius 3 is 2.46 bits per heavy atom. The van der Waals surface area contributed by atoms with Crippen molar-refractivity contribution in [3.8, 4) is 0 Å². The molecular weight excluding hydrogens is 162 g/mol. The van der Waals surface area contributed by atoms with Crippen molar-refractivity contribution in [1.82, 2.24) is 5.32 Å². The van der Waals surface area contributed by atoms with Crippen LogP contribution in [0.2, 0.25) is 0 Å². The molecule has 0 bridgehead atoms. The molecule has 1 N–H and O–H groups in total. The van der Waals surface area contributed by atoms with Crippen molar-refractivity contribution in [3.63, 3.8) is 0 Å². The SMILES string of the molecule is CC=C(C)NC(=O)c1ccccc1. The van der Waals surface area contributed by atoms with Gasteiger partial charge < -0.3 is 5.32 Å². The zero-order valence-corrected chi connectivity index (χ0v) is 7.87. The Hall–Kier alpha value is -1.57. The van der Waals surface area contributed by atoms with Crippen molar-refractivity contribution < 1.29 is 4.79 Å². The lowest BCUT2D eigenvalue weighted by Gasteiger charge is -2.03. The van der Waals surface area contributed by atoms with Crippen LogP contribution in [-0.2, 0) is 0 Å². The smallest absolute Gasteiger partial charge is 0.255 e. The highest BCUT2D eigenvalue weighted by Crippen LogP contribution is 1.99. The van der Waals surface area contributed by atoms with Gasteiger partial charge in [-0.05, 0) is 26.0 Å². The molecule has 0 aliphatic carbocycles. The summed E-state index contributed by atoms with van der Waals surface area (Å²) in [6.07, 6.45) is 1.86. The first-order valence-corrected chi connectivity index (χ1v) is 4.23. The van der Waals surface area contributed by atoms with Crippen LogP contribution < -0.4 is 5.32 Å². The third kappa shape index (κ3) is 2.75. The van der Waals surface area contributed by atoms with Gasteiger partial charge in [0.2, 0.25) is 0 Å². The Morgan fingerprint density at radius 2 is 1.92 bits per heavy atom. The molecule has 0 aliphatic rings. The molecular formula is C11H13NO. The van der Waals surface area contributed by atoms with Crippen molar-refractivity contribution in [2.24, 2.45) is 0 Å². The van der Waals surface area contributed by atoms with Crippen molar-refractivity contribution in [2.45, 2.75) is 13.8 Å². The van der Waals surface area contributed by atoms with Crippen molar-refractivity contribution in [1.29, 1.82) is 0 Å². The molecule has 1 rings (SSSR count). The molecule has 0 unspecified atom stereocenters. The molecule has 1 amide bonds. The molecule has 1 aromatic carbocycles. The highest BCUT2D eigenvalue weighted by Gasteiger charge is 2.02. The van der Waals surface area contributed by atoms with Crippen LogP contribution >= 0.6 is 0 Å². The van der Waals surface area contributed by atoms with E-state index in [9.17, 15) is 4.79 Å². The number of carbonyl (C=O) groups excluding carboxylic acids is 1. The molecule has 0 atom stereocenters. The van der Waals surface area contributed by atoms with Crippen molar-refractivity contribution >= 4 is 5.91 Å². The molecule has 0 fully saturated rings. The van der Waals surface area contributed by atoms with Crippen LogP contribution in [0.3, 0.4) is 0 Å². The van der Waals surface area contributed by atoms with Crippen LogP contribution in [0.25, 0.3) is 0 Å². The van der Waals surface area contributed by atoms with E-state index in [4.69, 9.17) is 0 Å². The van der Waals surface area contributed by atoms with E-state index in [-0.39, 0.29) is 5.91 Å². The van der Waals surface area contributed by atoms with Gasteiger partial charge in [-0.1, -0.05) is 24.3 Å². The van der Waals surface area contributed by atoms with Crippen molar-refractivity contribution in [3.05, 3.63) is 47.7 Å². The number of benzene rings is 1. The molecule has 0 saturated heterocycles. The highest BCUT2D eigenvalue weighted by atomic mass is 16.1. The summed E-state index contributed by atoms with van der Waals surface area (Å²) in [5, 5.41) is 2.77. The fourth-order valence-electron chi connectivity index (χ4n) is 0.913. The van der Waals surface area contributed by atoms with E-state index in [1.807, 2.05) is 38.1 Å². The standard InChI is InChI=1S/C11H13NO/c1-3-9(2)12-11(13)10-7-5-4-6-8-10/h3-8H,1-2H3,(H,12,13). The lowest BCUT2D eigenvalue weighted by Crippen LogP contribution is -2.20. The Labute approximate surface area is 78.3 Å². The Kier molecular flexibility index (Phi) is 3.26. The molecule has 0 heterocycles.